The lowest BCUT2D eigenvalue weighted by molar-refractivity contribution is -0.137. The summed E-state index contributed by atoms with van der Waals surface area (Å²) in [4.78, 5) is 40.5. The molecule has 3 aromatic rings. The number of anilines is 1. The van der Waals surface area contributed by atoms with Gasteiger partial charge >= 0.3 is 0 Å². The van der Waals surface area contributed by atoms with Crippen molar-refractivity contribution in [2.75, 3.05) is 70.9 Å². The van der Waals surface area contributed by atoms with Crippen molar-refractivity contribution in [2.24, 2.45) is 0 Å². The number of piperidine rings is 1. The number of fused-ring (bicyclic) bond motifs is 1. The van der Waals surface area contributed by atoms with Gasteiger partial charge in [-0.05, 0) is 69.2 Å². The molecule has 2 saturated heterocycles. The highest BCUT2D eigenvalue weighted by atomic mass is 32.2. The minimum atomic E-state index is -4.55. The number of nitrogens with zero attached hydrogens (tertiary/aromatic N) is 5. The van der Waals surface area contributed by atoms with Crippen molar-refractivity contribution in [2.45, 2.75) is 49.5 Å². The number of amides is 2. The molecule has 1 aromatic heterocycles. The molecule has 49 heavy (non-hydrogen) atoms. The van der Waals surface area contributed by atoms with E-state index >= 15 is 4.79 Å². The first-order valence-electron chi connectivity index (χ1n) is 16.9. The second-order valence-corrected chi connectivity index (χ2v) is 14.3. The van der Waals surface area contributed by atoms with Crippen molar-refractivity contribution in [1.82, 2.24) is 19.7 Å². The summed E-state index contributed by atoms with van der Waals surface area (Å²) in [5.41, 5.74) is -0.848. The quantitative estimate of drug-likeness (QED) is 0.295. The van der Waals surface area contributed by atoms with Gasteiger partial charge in [-0.1, -0.05) is 31.2 Å². The number of carbonyl (C=O) groups excluding carboxylic acids is 2. The molecular weight excluding hydrogens is 646 g/mol. The number of aromatic nitrogens is 1. The van der Waals surface area contributed by atoms with Gasteiger partial charge in [-0.3, -0.25) is 14.5 Å². The molecule has 2 aromatic carbocycles. The van der Waals surface area contributed by atoms with Crippen LogP contribution in [0.3, 0.4) is 0 Å². The molecule has 4 heterocycles. The second kappa shape index (κ2) is 14.3. The van der Waals surface area contributed by atoms with E-state index in [0.717, 1.165) is 49.9 Å². The highest BCUT2D eigenvalue weighted by molar-refractivity contribution is 7.93. The SMILES string of the molecule is CCOc1ncccc1C1(CC(=O)N2CCN(C3CCN(CC)CC3)CC2)C(=O)N(S(=O)(=O)c2ccc(OC)cc2OC)c2ccccc21. The first-order valence-corrected chi connectivity index (χ1v) is 18.4. The highest BCUT2D eigenvalue weighted by Gasteiger charge is 2.58. The summed E-state index contributed by atoms with van der Waals surface area (Å²) in [6.07, 6.45) is 3.48. The fourth-order valence-corrected chi connectivity index (χ4v) is 9.13. The predicted octanol–water partition coefficient (Wildman–Crippen LogP) is 3.54. The third kappa shape index (κ3) is 6.23. The smallest absolute Gasteiger partial charge is 0.274 e. The van der Waals surface area contributed by atoms with E-state index < -0.39 is 21.3 Å². The lowest BCUT2D eigenvalue weighted by Crippen LogP contribution is -2.55. The third-order valence-corrected chi connectivity index (χ3v) is 11.9. The van der Waals surface area contributed by atoms with Gasteiger partial charge in [-0.15, -0.1) is 0 Å². The van der Waals surface area contributed by atoms with E-state index in [1.807, 2.05) is 0 Å². The first kappa shape index (κ1) is 34.7. The number of para-hydroxylation sites is 1. The predicted molar refractivity (Wildman–Crippen MR) is 185 cm³/mol. The molecule has 3 aliphatic heterocycles. The Balaban J connectivity index is 1.38. The Labute approximate surface area is 288 Å². The number of hydrogen-bond acceptors (Lipinski definition) is 10. The Morgan fingerprint density at radius 3 is 2.31 bits per heavy atom. The number of carbonyl (C=O) groups is 2. The van der Waals surface area contributed by atoms with Crippen LogP contribution in [0.2, 0.25) is 0 Å². The summed E-state index contributed by atoms with van der Waals surface area (Å²) in [5.74, 6) is -0.434. The van der Waals surface area contributed by atoms with Crippen LogP contribution < -0.4 is 18.5 Å². The normalized spacial score (nSPS) is 20.7. The number of benzene rings is 2. The van der Waals surface area contributed by atoms with Gasteiger partial charge in [0.05, 0.1) is 26.5 Å². The lowest BCUT2D eigenvalue weighted by atomic mass is 9.72. The average Bonchev–Trinajstić information content (AvgIpc) is 3.39. The Hall–Kier alpha value is -4.20. The van der Waals surface area contributed by atoms with Gasteiger partial charge in [0.15, 0.2) is 0 Å². The van der Waals surface area contributed by atoms with Crippen molar-refractivity contribution in [3.63, 3.8) is 0 Å². The van der Waals surface area contributed by atoms with Crippen LogP contribution in [-0.4, -0.2) is 113 Å². The molecule has 12 nitrogen and oxygen atoms in total. The number of pyridine rings is 1. The van der Waals surface area contributed by atoms with Gasteiger partial charge in [0.1, 0.15) is 21.8 Å². The summed E-state index contributed by atoms with van der Waals surface area (Å²) < 4.78 is 46.6. The molecular formula is C36H45N5O7S. The third-order valence-electron chi connectivity index (χ3n) is 10.1. The summed E-state index contributed by atoms with van der Waals surface area (Å²) in [6, 6.07) is 14.9. The molecule has 13 heteroatoms. The molecule has 6 rings (SSSR count). The summed E-state index contributed by atoms with van der Waals surface area (Å²) in [6.45, 7) is 10.0. The summed E-state index contributed by atoms with van der Waals surface area (Å²) in [7, 11) is -1.73. The Morgan fingerprint density at radius 1 is 0.918 bits per heavy atom. The lowest BCUT2D eigenvalue weighted by Gasteiger charge is -2.43. The molecule has 3 aliphatic rings. The molecule has 0 aliphatic carbocycles. The van der Waals surface area contributed by atoms with Crippen LogP contribution in [-0.2, 0) is 25.0 Å². The average molecular weight is 692 g/mol. The van der Waals surface area contributed by atoms with E-state index in [1.54, 1.807) is 54.4 Å². The maximum atomic E-state index is 15.1. The van der Waals surface area contributed by atoms with E-state index in [1.165, 1.54) is 32.4 Å². The van der Waals surface area contributed by atoms with Crippen LogP contribution in [0.15, 0.2) is 65.7 Å². The molecule has 0 spiro atoms. The molecule has 262 valence electrons. The standard InChI is InChI=1S/C36H45N5O7S/c1-5-38-18-15-26(16-19-38)39-20-22-40(23-21-39)33(42)25-36(29-11-9-17-37-34(29)48-6-2)28-10-7-8-12-30(28)41(35(36)43)49(44,45)32-14-13-27(46-3)24-31(32)47-4/h7-14,17,24,26H,5-6,15-16,18-23,25H2,1-4H3. The Morgan fingerprint density at radius 2 is 1.63 bits per heavy atom. The van der Waals surface area contributed by atoms with Gasteiger partial charge in [0, 0.05) is 56.5 Å². The largest absolute Gasteiger partial charge is 0.497 e. The summed E-state index contributed by atoms with van der Waals surface area (Å²) in [5, 5.41) is 0. The topological polar surface area (TPSA) is 122 Å². The Kier molecular flexibility index (Phi) is 10.1. The number of methoxy groups -OCH3 is 2. The molecule has 0 N–H and O–H groups in total. The number of sulfonamides is 1. The van der Waals surface area contributed by atoms with Crippen molar-refractivity contribution in [1.29, 1.82) is 0 Å². The maximum Gasteiger partial charge on any atom is 0.274 e. The molecule has 1 unspecified atom stereocenters. The number of rotatable bonds is 11. The van der Waals surface area contributed by atoms with Crippen molar-refractivity contribution in [3.05, 3.63) is 71.9 Å². The van der Waals surface area contributed by atoms with Crippen LogP contribution in [0.4, 0.5) is 5.69 Å². The molecule has 0 radical (unpaired) electrons. The zero-order valence-electron chi connectivity index (χ0n) is 28.6. The molecule has 0 saturated carbocycles. The van der Waals surface area contributed by atoms with Gasteiger partial charge in [-0.2, -0.15) is 0 Å². The van der Waals surface area contributed by atoms with E-state index in [9.17, 15) is 13.2 Å². The van der Waals surface area contributed by atoms with Gasteiger partial charge in [-0.25, -0.2) is 17.7 Å². The summed E-state index contributed by atoms with van der Waals surface area (Å²) >= 11 is 0. The fourth-order valence-electron chi connectivity index (χ4n) is 7.50. The highest BCUT2D eigenvalue weighted by Crippen LogP contribution is 2.52. The van der Waals surface area contributed by atoms with Crippen LogP contribution in [0, 0.1) is 0 Å². The fraction of sp³-hybridized carbons (Fsp3) is 0.472. The molecule has 2 amide bonds. The van der Waals surface area contributed by atoms with E-state index in [0.29, 0.717) is 36.0 Å². The molecule has 1 atom stereocenters. The number of ether oxygens (including phenoxy) is 3. The number of hydrogen-bond donors (Lipinski definition) is 0. The van der Waals surface area contributed by atoms with Crippen LogP contribution in [0.1, 0.15) is 44.2 Å². The van der Waals surface area contributed by atoms with Crippen LogP contribution >= 0.6 is 0 Å². The van der Waals surface area contributed by atoms with Crippen LogP contribution in [0.25, 0.3) is 0 Å². The Bertz CT molecular complexity index is 1790. The van der Waals surface area contributed by atoms with Crippen molar-refractivity contribution >= 4 is 27.5 Å². The monoisotopic (exact) mass is 691 g/mol. The second-order valence-electron chi connectivity index (χ2n) is 12.6. The zero-order chi connectivity index (χ0) is 34.8. The molecule has 0 bridgehead atoms. The minimum Gasteiger partial charge on any atom is -0.497 e. The number of piperazine rings is 1. The minimum absolute atomic E-state index is 0.0211. The maximum absolute atomic E-state index is 15.1. The van der Waals surface area contributed by atoms with E-state index in [4.69, 9.17) is 14.2 Å². The number of likely N-dealkylation sites (tertiary alicyclic amines) is 1. The van der Waals surface area contributed by atoms with Crippen molar-refractivity contribution in [3.8, 4) is 17.4 Å². The van der Waals surface area contributed by atoms with E-state index in [2.05, 4.69) is 21.7 Å². The van der Waals surface area contributed by atoms with Gasteiger partial charge in [0.25, 0.3) is 15.9 Å². The van der Waals surface area contributed by atoms with Crippen molar-refractivity contribution < 1.29 is 32.2 Å². The van der Waals surface area contributed by atoms with E-state index in [-0.39, 0.29) is 41.1 Å². The molecule has 2 fully saturated rings. The van der Waals surface area contributed by atoms with Gasteiger partial charge < -0.3 is 24.0 Å². The van der Waals surface area contributed by atoms with Crippen LogP contribution in [0.5, 0.6) is 17.4 Å². The zero-order valence-corrected chi connectivity index (χ0v) is 29.4. The first-order chi connectivity index (χ1) is 23.7. The van der Waals surface area contributed by atoms with Gasteiger partial charge in [0.2, 0.25) is 11.8 Å².